The Balaban J connectivity index is 1.54. The van der Waals surface area contributed by atoms with Gasteiger partial charge in [-0.15, -0.1) is 5.10 Å². The van der Waals surface area contributed by atoms with Gasteiger partial charge in [-0.25, -0.2) is 4.68 Å². The predicted molar refractivity (Wildman–Crippen MR) is 144 cm³/mol. The summed E-state index contributed by atoms with van der Waals surface area (Å²) in [6.45, 7) is 8.33. The minimum absolute atomic E-state index is 0.00522. The van der Waals surface area contributed by atoms with Gasteiger partial charge < -0.3 is 14.6 Å². The Hall–Kier alpha value is -3.70. The number of pyridine rings is 1. The molecule has 2 N–H and O–H groups in total. The number of aromatic amines is 1. The number of fused-ring (bicyclic) bond motifs is 4. The van der Waals surface area contributed by atoms with Crippen molar-refractivity contribution in [2.24, 2.45) is 7.05 Å². The zero-order valence-electron chi connectivity index (χ0n) is 22.3. The highest BCUT2D eigenvalue weighted by atomic mass is 16.5. The molecule has 1 aliphatic heterocycles. The SMILES string of the molecule is CCOc1nn(CCO)c2c1/C=C/c1n[nH]c3cnc(cc13)-c1c(C)nn(C)c1OC(C)CN(C1CC1)C2. The van der Waals surface area contributed by atoms with Gasteiger partial charge >= 0.3 is 0 Å². The normalized spacial score (nSPS) is 19.0. The zero-order chi connectivity index (χ0) is 26.4. The monoisotopic (exact) mass is 518 g/mol. The molecule has 2 aliphatic rings. The van der Waals surface area contributed by atoms with Crippen LogP contribution in [0, 0.1) is 6.92 Å². The van der Waals surface area contributed by atoms with E-state index >= 15 is 0 Å². The van der Waals surface area contributed by atoms with Crippen LogP contribution in [0.25, 0.3) is 34.3 Å². The highest BCUT2D eigenvalue weighted by Gasteiger charge is 2.33. The second-order valence-electron chi connectivity index (χ2n) is 10.1. The lowest BCUT2D eigenvalue weighted by Crippen LogP contribution is -2.36. The summed E-state index contributed by atoms with van der Waals surface area (Å²) in [7, 11) is 1.91. The maximum absolute atomic E-state index is 9.79. The molecule has 0 amide bonds. The van der Waals surface area contributed by atoms with Gasteiger partial charge in [0.25, 0.3) is 0 Å². The lowest BCUT2D eigenvalue weighted by atomic mass is 10.1. The zero-order valence-corrected chi connectivity index (χ0v) is 22.3. The number of hydrogen-bond donors (Lipinski definition) is 2. The fourth-order valence-corrected chi connectivity index (χ4v) is 5.31. The van der Waals surface area contributed by atoms with Gasteiger partial charge in [0.15, 0.2) is 0 Å². The Bertz CT molecular complexity index is 1500. The van der Waals surface area contributed by atoms with Crippen molar-refractivity contribution in [1.29, 1.82) is 0 Å². The first-order valence-corrected chi connectivity index (χ1v) is 13.3. The molecular formula is C27H34N8O3. The molecule has 0 spiro atoms. The lowest BCUT2D eigenvalue weighted by Gasteiger charge is -2.27. The summed E-state index contributed by atoms with van der Waals surface area (Å²) >= 11 is 0. The van der Waals surface area contributed by atoms with E-state index in [1.165, 1.54) is 0 Å². The topological polar surface area (TPSA) is 119 Å². The van der Waals surface area contributed by atoms with Crippen LogP contribution in [0.5, 0.6) is 11.8 Å². The van der Waals surface area contributed by atoms with E-state index in [2.05, 4.69) is 27.1 Å². The number of ether oxygens (including phenoxy) is 2. The molecule has 1 aliphatic carbocycles. The Morgan fingerprint density at radius 3 is 2.84 bits per heavy atom. The minimum Gasteiger partial charge on any atom is -0.476 e. The standard InChI is InChI=1S/C27H34N8O3/c1-5-37-26-19-8-9-21-20-12-22(28-13-23(20)30-29-21)25-17(3)31-33(4)27(25)38-16(2)14-34(18-6-7-18)15-24(19)35(32-26)10-11-36/h8-9,12-13,16,18,36H,5-7,10-11,14-15H2,1-4H3,(H,29,30)/b9-8+. The predicted octanol–water partition coefficient (Wildman–Crippen LogP) is 3.17. The molecule has 11 nitrogen and oxygen atoms in total. The molecule has 1 atom stereocenters. The average Bonchev–Trinajstić information content (AvgIpc) is 3.51. The van der Waals surface area contributed by atoms with Crippen molar-refractivity contribution in [2.45, 2.75) is 58.8 Å². The van der Waals surface area contributed by atoms with Gasteiger partial charge in [0.05, 0.1) is 65.4 Å². The molecule has 0 saturated heterocycles. The summed E-state index contributed by atoms with van der Waals surface area (Å²) in [5, 5.41) is 27.8. The number of aryl methyl sites for hydroxylation is 2. The molecule has 0 radical (unpaired) electrons. The molecule has 1 unspecified atom stereocenters. The van der Waals surface area contributed by atoms with Crippen molar-refractivity contribution in [3.05, 3.63) is 34.9 Å². The van der Waals surface area contributed by atoms with E-state index < -0.39 is 0 Å². The number of nitrogens with one attached hydrogen (secondary N) is 1. The molecule has 2 bridgehead atoms. The average molecular weight is 519 g/mol. The molecule has 5 heterocycles. The molecule has 200 valence electrons. The van der Waals surface area contributed by atoms with E-state index in [9.17, 15) is 5.11 Å². The summed E-state index contributed by atoms with van der Waals surface area (Å²) in [5.41, 5.74) is 6.10. The van der Waals surface area contributed by atoms with Crippen LogP contribution >= 0.6 is 0 Å². The molecule has 4 aromatic rings. The van der Waals surface area contributed by atoms with Crippen molar-refractivity contribution in [2.75, 3.05) is 19.8 Å². The molecule has 4 aromatic heterocycles. The minimum atomic E-state index is -0.0953. The van der Waals surface area contributed by atoms with Gasteiger partial charge in [-0.2, -0.15) is 10.2 Å². The molecule has 38 heavy (non-hydrogen) atoms. The van der Waals surface area contributed by atoms with E-state index in [1.807, 2.05) is 43.8 Å². The van der Waals surface area contributed by atoms with E-state index in [-0.39, 0.29) is 12.7 Å². The Morgan fingerprint density at radius 2 is 2.08 bits per heavy atom. The third-order valence-corrected chi connectivity index (χ3v) is 7.19. The van der Waals surface area contributed by atoms with Crippen molar-refractivity contribution in [3.63, 3.8) is 0 Å². The Labute approximate surface area is 221 Å². The quantitative estimate of drug-likeness (QED) is 0.414. The van der Waals surface area contributed by atoms with Crippen molar-refractivity contribution >= 4 is 23.1 Å². The molecule has 1 fully saturated rings. The molecule has 11 heteroatoms. The molecular weight excluding hydrogens is 484 g/mol. The first-order chi connectivity index (χ1) is 18.5. The van der Waals surface area contributed by atoms with E-state index in [0.717, 1.165) is 64.2 Å². The van der Waals surface area contributed by atoms with Crippen LogP contribution in [0.15, 0.2) is 12.3 Å². The summed E-state index contributed by atoms with van der Waals surface area (Å²) in [4.78, 5) is 7.18. The third-order valence-electron chi connectivity index (χ3n) is 7.19. The highest BCUT2D eigenvalue weighted by molar-refractivity contribution is 5.92. The number of hydrogen-bond acceptors (Lipinski definition) is 8. The number of aromatic nitrogens is 7. The van der Waals surface area contributed by atoms with Crippen LogP contribution in [-0.2, 0) is 20.1 Å². The molecule has 0 aromatic carbocycles. The maximum atomic E-state index is 9.79. The number of nitrogens with zero attached hydrogens (tertiary/aromatic N) is 7. The maximum Gasteiger partial charge on any atom is 0.240 e. The Kier molecular flexibility index (Phi) is 6.40. The summed E-state index contributed by atoms with van der Waals surface area (Å²) < 4.78 is 16.2. The number of aliphatic hydroxyl groups is 1. The number of rotatable bonds is 5. The fraction of sp³-hybridized carbons (Fsp3) is 0.481. The fourth-order valence-electron chi connectivity index (χ4n) is 5.31. The van der Waals surface area contributed by atoms with Crippen LogP contribution < -0.4 is 9.47 Å². The molecule has 6 rings (SSSR count). The molecule has 1 saturated carbocycles. The largest absolute Gasteiger partial charge is 0.476 e. The number of H-pyrrole nitrogens is 1. The van der Waals surface area contributed by atoms with Gasteiger partial charge in [-0.05, 0) is 51.8 Å². The van der Waals surface area contributed by atoms with Crippen LogP contribution in [0.4, 0.5) is 0 Å². The Morgan fingerprint density at radius 1 is 1.24 bits per heavy atom. The first-order valence-electron chi connectivity index (χ1n) is 13.3. The van der Waals surface area contributed by atoms with E-state index in [0.29, 0.717) is 37.5 Å². The first kappa shape index (κ1) is 24.6. The van der Waals surface area contributed by atoms with Gasteiger partial charge in [0, 0.05) is 31.6 Å². The van der Waals surface area contributed by atoms with E-state index in [4.69, 9.17) is 19.6 Å². The lowest BCUT2D eigenvalue weighted by molar-refractivity contribution is 0.125. The van der Waals surface area contributed by atoms with Crippen molar-refractivity contribution in [3.8, 4) is 23.0 Å². The number of aliphatic hydroxyl groups excluding tert-OH is 1. The van der Waals surface area contributed by atoms with Crippen molar-refractivity contribution < 1.29 is 14.6 Å². The van der Waals surface area contributed by atoms with Crippen LogP contribution in [0.2, 0.25) is 0 Å². The summed E-state index contributed by atoms with van der Waals surface area (Å²) in [6.07, 6.45) is 8.04. The van der Waals surface area contributed by atoms with Gasteiger partial charge in [-0.3, -0.25) is 19.7 Å². The van der Waals surface area contributed by atoms with Gasteiger partial charge in [0.2, 0.25) is 11.8 Å². The van der Waals surface area contributed by atoms with Crippen LogP contribution in [-0.4, -0.2) is 76.7 Å². The third kappa shape index (κ3) is 4.45. The van der Waals surface area contributed by atoms with Gasteiger partial charge in [-0.1, -0.05) is 0 Å². The summed E-state index contributed by atoms with van der Waals surface area (Å²) in [6, 6.07) is 2.52. The highest BCUT2D eigenvalue weighted by Crippen LogP contribution is 2.36. The van der Waals surface area contributed by atoms with Crippen molar-refractivity contribution in [1.82, 2.24) is 39.6 Å². The van der Waals surface area contributed by atoms with Gasteiger partial charge in [0.1, 0.15) is 6.10 Å². The van der Waals surface area contributed by atoms with Crippen LogP contribution in [0.1, 0.15) is 49.3 Å². The van der Waals surface area contributed by atoms with E-state index in [1.54, 1.807) is 10.9 Å². The summed E-state index contributed by atoms with van der Waals surface area (Å²) in [5.74, 6) is 1.27. The smallest absolute Gasteiger partial charge is 0.240 e. The second-order valence-corrected chi connectivity index (χ2v) is 10.1. The second kappa shape index (κ2) is 9.88. The van der Waals surface area contributed by atoms with Crippen LogP contribution in [0.3, 0.4) is 0 Å².